The van der Waals surface area contributed by atoms with Crippen LogP contribution >= 0.6 is 22.7 Å². The molecular formula is C58H30O2S2. The quantitative estimate of drug-likeness (QED) is 0.128. The molecule has 11 aromatic carbocycles. The van der Waals surface area contributed by atoms with Crippen LogP contribution in [-0.4, -0.2) is 0 Å². The molecule has 4 aromatic heterocycles. The van der Waals surface area contributed by atoms with E-state index in [1.54, 1.807) is 0 Å². The number of thiophene rings is 2. The molecule has 15 aromatic rings. The Morgan fingerprint density at radius 2 is 0.677 bits per heavy atom. The lowest BCUT2D eigenvalue weighted by Gasteiger charge is -2.16. The van der Waals surface area contributed by atoms with Gasteiger partial charge in [-0.25, -0.2) is 0 Å². The second-order valence-corrected chi connectivity index (χ2v) is 18.7. The number of hydrogen-bond donors (Lipinski definition) is 0. The molecule has 15 rings (SSSR count). The highest BCUT2D eigenvalue weighted by molar-refractivity contribution is 7.26. The van der Waals surface area contributed by atoms with Crippen LogP contribution in [0.25, 0.3) is 150 Å². The molecule has 0 radical (unpaired) electrons. The van der Waals surface area contributed by atoms with E-state index in [1.807, 2.05) is 22.7 Å². The first-order chi connectivity index (χ1) is 30.7. The van der Waals surface area contributed by atoms with Crippen molar-refractivity contribution < 1.29 is 8.83 Å². The molecule has 286 valence electrons. The minimum atomic E-state index is 0.901. The molecule has 0 atom stereocenters. The van der Waals surface area contributed by atoms with Crippen molar-refractivity contribution in [3.8, 4) is 22.3 Å². The van der Waals surface area contributed by atoms with Crippen molar-refractivity contribution in [1.82, 2.24) is 0 Å². The van der Waals surface area contributed by atoms with Gasteiger partial charge in [-0.3, -0.25) is 0 Å². The summed E-state index contributed by atoms with van der Waals surface area (Å²) in [6, 6.07) is 66.9. The van der Waals surface area contributed by atoms with Gasteiger partial charge in [0.15, 0.2) is 0 Å². The molecule has 0 N–H and O–H groups in total. The van der Waals surface area contributed by atoms with E-state index in [4.69, 9.17) is 8.83 Å². The van der Waals surface area contributed by atoms with Crippen molar-refractivity contribution in [1.29, 1.82) is 0 Å². The third-order valence-electron chi connectivity index (χ3n) is 13.4. The molecule has 0 bridgehead atoms. The Hall–Kier alpha value is -7.50. The minimum absolute atomic E-state index is 0.901. The number of rotatable bonds is 2. The predicted octanol–water partition coefficient (Wildman–Crippen LogP) is 18.2. The highest BCUT2D eigenvalue weighted by Gasteiger charge is 2.23. The van der Waals surface area contributed by atoms with E-state index >= 15 is 0 Å². The predicted molar refractivity (Wildman–Crippen MR) is 268 cm³/mol. The lowest BCUT2D eigenvalue weighted by atomic mass is 9.87. The first kappa shape index (κ1) is 33.2. The van der Waals surface area contributed by atoms with Crippen LogP contribution in [0.3, 0.4) is 0 Å². The Kier molecular flexibility index (Phi) is 6.48. The van der Waals surface area contributed by atoms with Gasteiger partial charge >= 0.3 is 0 Å². The molecule has 0 unspecified atom stereocenters. The summed E-state index contributed by atoms with van der Waals surface area (Å²) < 4.78 is 19.1. The Balaban J connectivity index is 1.14. The summed E-state index contributed by atoms with van der Waals surface area (Å²) in [7, 11) is 0. The van der Waals surface area contributed by atoms with Crippen molar-refractivity contribution in [3.63, 3.8) is 0 Å². The maximum absolute atomic E-state index is 6.93. The molecule has 2 nitrogen and oxygen atoms in total. The number of fused-ring (bicyclic) bond motifs is 20. The third kappa shape index (κ3) is 4.37. The first-order valence-electron chi connectivity index (χ1n) is 21.1. The molecule has 0 aliphatic rings. The summed E-state index contributed by atoms with van der Waals surface area (Å²) in [6.45, 7) is 0. The maximum atomic E-state index is 6.93. The Bertz CT molecular complexity index is 4170. The van der Waals surface area contributed by atoms with E-state index in [0.29, 0.717) is 0 Å². The maximum Gasteiger partial charge on any atom is 0.143 e. The lowest BCUT2D eigenvalue weighted by molar-refractivity contribution is 0.672. The standard InChI is InChI=1S/C58H30O2S2/c1-5-19-49-33(11-1)39-25-23-37-47(43-17-9-15-41-35-13-3-7-21-51(35)61-57(41)43)29-31-28-46-32(27-45(31)53(37)55(39)59-49)30-48(44-18-10-16-42-36-14-4-8-22-52(36)62-58(42)44)38-24-26-40-34-12-2-6-20-50(34)60-56(40)54(38)46/h1-30H. The SMILES string of the molecule is c1ccc2c(c1)oc1c2ccc2c(-c3cccc4c3sc3ccccc34)cc3cc4c(cc(-c5cccc6c5sc5ccccc56)c5ccc6c7ccccc7oc6c54)cc3c21. The van der Waals surface area contributed by atoms with E-state index in [2.05, 4.69) is 182 Å². The zero-order valence-electron chi connectivity index (χ0n) is 33.0. The molecule has 0 aliphatic heterocycles. The van der Waals surface area contributed by atoms with Crippen molar-refractivity contribution in [3.05, 3.63) is 182 Å². The van der Waals surface area contributed by atoms with E-state index in [-0.39, 0.29) is 0 Å². The second kappa shape index (κ2) is 12.1. The van der Waals surface area contributed by atoms with Crippen LogP contribution < -0.4 is 0 Å². The van der Waals surface area contributed by atoms with Crippen molar-refractivity contribution in [2.75, 3.05) is 0 Å². The molecule has 0 spiro atoms. The van der Waals surface area contributed by atoms with Gasteiger partial charge < -0.3 is 8.83 Å². The molecule has 0 fully saturated rings. The van der Waals surface area contributed by atoms with E-state index < -0.39 is 0 Å². The fourth-order valence-electron chi connectivity index (χ4n) is 10.7. The van der Waals surface area contributed by atoms with E-state index in [9.17, 15) is 0 Å². The summed E-state index contributed by atoms with van der Waals surface area (Å²) in [5.41, 5.74) is 8.54. The number of hydrogen-bond acceptors (Lipinski definition) is 4. The van der Waals surface area contributed by atoms with Crippen LogP contribution in [0.5, 0.6) is 0 Å². The van der Waals surface area contributed by atoms with Gasteiger partial charge in [0.25, 0.3) is 0 Å². The Morgan fingerprint density at radius 1 is 0.274 bits per heavy atom. The van der Waals surface area contributed by atoms with E-state index in [0.717, 1.165) is 54.6 Å². The monoisotopic (exact) mass is 822 g/mol. The summed E-state index contributed by atoms with van der Waals surface area (Å²) in [5.74, 6) is 0. The molecule has 0 saturated carbocycles. The summed E-state index contributed by atoms with van der Waals surface area (Å²) in [4.78, 5) is 0. The molecule has 0 amide bonds. The highest BCUT2D eigenvalue weighted by atomic mass is 32.1. The highest BCUT2D eigenvalue weighted by Crippen LogP contribution is 2.50. The van der Waals surface area contributed by atoms with Crippen LogP contribution in [0.2, 0.25) is 0 Å². The van der Waals surface area contributed by atoms with Crippen LogP contribution in [-0.2, 0) is 0 Å². The number of benzene rings is 11. The zero-order valence-corrected chi connectivity index (χ0v) is 34.6. The van der Waals surface area contributed by atoms with Crippen LogP contribution in [0.4, 0.5) is 0 Å². The van der Waals surface area contributed by atoms with Gasteiger partial charge in [-0.05, 0) is 104 Å². The van der Waals surface area contributed by atoms with Crippen molar-refractivity contribution in [2.24, 2.45) is 0 Å². The average Bonchev–Trinajstić information content (AvgIpc) is 4.10. The van der Waals surface area contributed by atoms with Gasteiger partial charge in [0, 0.05) is 83.8 Å². The van der Waals surface area contributed by atoms with Crippen molar-refractivity contribution in [2.45, 2.75) is 0 Å². The molecule has 4 heteroatoms. The molecular weight excluding hydrogens is 793 g/mol. The summed E-state index contributed by atoms with van der Waals surface area (Å²) in [5, 5.41) is 19.0. The molecule has 4 heterocycles. The number of furan rings is 2. The molecule has 0 aliphatic carbocycles. The van der Waals surface area contributed by atoms with Crippen LogP contribution in [0.1, 0.15) is 0 Å². The first-order valence-corrected chi connectivity index (χ1v) is 22.7. The van der Waals surface area contributed by atoms with Gasteiger partial charge in [-0.1, -0.05) is 121 Å². The fraction of sp³-hybridized carbons (Fsp3) is 0. The summed E-state index contributed by atoms with van der Waals surface area (Å²) >= 11 is 3.76. The van der Waals surface area contributed by atoms with Gasteiger partial charge in [-0.2, -0.15) is 0 Å². The van der Waals surface area contributed by atoms with E-state index in [1.165, 1.54) is 94.9 Å². The van der Waals surface area contributed by atoms with Gasteiger partial charge in [-0.15, -0.1) is 22.7 Å². The lowest BCUT2D eigenvalue weighted by Crippen LogP contribution is -1.89. The fourth-order valence-corrected chi connectivity index (χ4v) is 13.2. The molecule has 0 saturated heterocycles. The van der Waals surface area contributed by atoms with Crippen LogP contribution in [0.15, 0.2) is 191 Å². The normalized spacial score (nSPS) is 12.5. The van der Waals surface area contributed by atoms with Crippen LogP contribution in [0, 0.1) is 0 Å². The Labute approximate surface area is 361 Å². The largest absolute Gasteiger partial charge is 0.455 e. The minimum Gasteiger partial charge on any atom is -0.455 e. The van der Waals surface area contributed by atoms with Crippen molar-refractivity contribution >= 4 is 150 Å². The van der Waals surface area contributed by atoms with Gasteiger partial charge in [0.05, 0.1) is 0 Å². The Morgan fingerprint density at radius 3 is 1.16 bits per heavy atom. The zero-order chi connectivity index (χ0) is 40.2. The topological polar surface area (TPSA) is 26.3 Å². The smallest absolute Gasteiger partial charge is 0.143 e. The molecule has 62 heavy (non-hydrogen) atoms. The third-order valence-corrected chi connectivity index (χ3v) is 15.9. The second-order valence-electron chi connectivity index (χ2n) is 16.6. The van der Waals surface area contributed by atoms with Gasteiger partial charge in [0.2, 0.25) is 0 Å². The van der Waals surface area contributed by atoms with Gasteiger partial charge in [0.1, 0.15) is 22.3 Å². The summed E-state index contributed by atoms with van der Waals surface area (Å²) in [6.07, 6.45) is 0. The number of para-hydroxylation sites is 2. The average molecular weight is 823 g/mol.